The molecular formula is C26H26O2. The van der Waals surface area contributed by atoms with Crippen molar-refractivity contribution in [2.45, 2.75) is 41.5 Å². The summed E-state index contributed by atoms with van der Waals surface area (Å²) in [5, 5.41) is 0. The molecule has 142 valence electrons. The topological polar surface area (TPSA) is 34.1 Å². The Morgan fingerprint density at radius 1 is 0.500 bits per heavy atom. The fourth-order valence-corrected chi connectivity index (χ4v) is 4.14. The van der Waals surface area contributed by atoms with Crippen LogP contribution in [0.25, 0.3) is 0 Å². The van der Waals surface area contributed by atoms with Crippen LogP contribution in [0.3, 0.4) is 0 Å². The lowest BCUT2D eigenvalue weighted by Crippen LogP contribution is -2.09. The summed E-state index contributed by atoms with van der Waals surface area (Å²) in [5.41, 5.74) is 8.91. The van der Waals surface area contributed by atoms with Gasteiger partial charge < -0.3 is 0 Å². The van der Waals surface area contributed by atoms with Crippen LogP contribution < -0.4 is 0 Å². The van der Waals surface area contributed by atoms with Crippen LogP contribution in [0.4, 0.5) is 0 Å². The highest BCUT2D eigenvalue weighted by Gasteiger charge is 2.18. The Bertz CT molecular complexity index is 951. The first-order valence-electron chi connectivity index (χ1n) is 9.54. The van der Waals surface area contributed by atoms with Crippen molar-refractivity contribution < 1.29 is 9.59 Å². The van der Waals surface area contributed by atoms with E-state index in [4.69, 9.17) is 0 Å². The van der Waals surface area contributed by atoms with Gasteiger partial charge >= 0.3 is 0 Å². The Hall–Kier alpha value is -3.00. The van der Waals surface area contributed by atoms with Crippen LogP contribution in [-0.2, 0) is 0 Å². The van der Waals surface area contributed by atoms with Gasteiger partial charge in [-0.15, -0.1) is 0 Å². The minimum Gasteiger partial charge on any atom is -0.289 e. The van der Waals surface area contributed by atoms with E-state index in [0.29, 0.717) is 11.1 Å². The first kappa shape index (κ1) is 19.8. The molecule has 0 bridgehead atoms. The van der Waals surface area contributed by atoms with Gasteiger partial charge in [-0.05, 0) is 63.8 Å². The molecule has 0 heterocycles. The Kier molecular flexibility index (Phi) is 5.33. The van der Waals surface area contributed by atoms with Crippen molar-refractivity contribution in [2.24, 2.45) is 0 Å². The normalized spacial score (nSPS) is 10.8. The molecule has 0 N–H and O–H groups in total. The van der Waals surface area contributed by atoms with Gasteiger partial charge in [-0.3, -0.25) is 9.59 Å². The summed E-state index contributed by atoms with van der Waals surface area (Å²) in [6.07, 6.45) is 0. The third-order valence-electron chi connectivity index (χ3n) is 5.22. The van der Waals surface area contributed by atoms with Gasteiger partial charge in [0.05, 0.1) is 0 Å². The molecule has 0 aliphatic carbocycles. The van der Waals surface area contributed by atoms with E-state index in [2.05, 4.69) is 0 Å². The molecule has 3 aromatic rings. The molecule has 0 aliphatic heterocycles. The molecule has 2 nitrogen and oxygen atoms in total. The van der Waals surface area contributed by atoms with Gasteiger partial charge in [0.1, 0.15) is 0 Å². The highest BCUT2D eigenvalue weighted by atomic mass is 16.1. The summed E-state index contributed by atoms with van der Waals surface area (Å²) < 4.78 is 0. The zero-order valence-corrected chi connectivity index (χ0v) is 17.4. The first-order valence-corrected chi connectivity index (χ1v) is 9.54. The highest BCUT2D eigenvalue weighted by molar-refractivity contribution is 6.13. The molecule has 0 atom stereocenters. The third kappa shape index (κ3) is 3.68. The van der Waals surface area contributed by atoms with Crippen molar-refractivity contribution in [1.82, 2.24) is 0 Å². The van der Waals surface area contributed by atoms with E-state index in [1.54, 1.807) is 24.3 Å². The van der Waals surface area contributed by atoms with E-state index in [-0.39, 0.29) is 11.6 Å². The molecule has 0 spiro atoms. The zero-order chi connectivity index (χ0) is 20.6. The molecule has 0 fully saturated rings. The summed E-state index contributed by atoms with van der Waals surface area (Å²) in [6, 6.07) is 15.1. The monoisotopic (exact) mass is 370 g/mol. The van der Waals surface area contributed by atoms with Crippen LogP contribution >= 0.6 is 0 Å². The summed E-state index contributed by atoms with van der Waals surface area (Å²) >= 11 is 0. The zero-order valence-electron chi connectivity index (χ0n) is 17.4. The molecule has 0 aromatic heterocycles. The molecule has 2 heteroatoms. The van der Waals surface area contributed by atoms with Crippen LogP contribution in [0.2, 0.25) is 0 Å². The van der Waals surface area contributed by atoms with Crippen molar-refractivity contribution in [2.75, 3.05) is 0 Å². The molecule has 0 aliphatic rings. The van der Waals surface area contributed by atoms with Crippen molar-refractivity contribution >= 4 is 11.6 Å². The second kappa shape index (κ2) is 7.55. The third-order valence-corrected chi connectivity index (χ3v) is 5.22. The number of carbonyl (C=O) groups excluding carboxylic acids is 2. The van der Waals surface area contributed by atoms with Crippen LogP contribution in [0, 0.1) is 41.5 Å². The molecular weight excluding hydrogens is 344 g/mol. The van der Waals surface area contributed by atoms with Crippen LogP contribution in [0.15, 0.2) is 48.5 Å². The fourth-order valence-electron chi connectivity index (χ4n) is 4.14. The molecule has 3 aromatic carbocycles. The standard InChI is InChI=1S/C26H26O2/c1-15-11-17(3)23(18(4)12-15)25(27)21-7-9-22(10-8-21)26(28)24-19(5)13-16(2)14-20(24)6/h7-14H,1-6H3. The van der Waals surface area contributed by atoms with Gasteiger partial charge in [-0.25, -0.2) is 0 Å². The summed E-state index contributed by atoms with van der Waals surface area (Å²) in [6.45, 7) is 11.9. The van der Waals surface area contributed by atoms with Gasteiger partial charge in [0.2, 0.25) is 0 Å². The Balaban J connectivity index is 1.95. The molecule has 0 amide bonds. The average Bonchev–Trinajstić information content (AvgIpc) is 2.60. The van der Waals surface area contributed by atoms with Crippen LogP contribution in [-0.4, -0.2) is 11.6 Å². The second-order valence-electron chi connectivity index (χ2n) is 7.78. The van der Waals surface area contributed by atoms with E-state index in [9.17, 15) is 9.59 Å². The van der Waals surface area contributed by atoms with E-state index >= 15 is 0 Å². The van der Waals surface area contributed by atoms with Crippen molar-refractivity contribution in [3.05, 3.63) is 104 Å². The molecule has 0 radical (unpaired) electrons. The number of aryl methyl sites for hydroxylation is 6. The quantitative estimate of drug-likeness (QED) is 0.528. The largest absolute Gasteiger partial charge is 0.289 e. The Morgan fingerprint density at radius 2 is 0.750 bits per heavy atom. The summed E-state index contributed by atoms with van der Waals surface area (Å²) in [7, 11) is 0. The van der Waals surface area contributed by atoms with Gasteiger partial charge in [-0.2, -0.15) is 0 Å². The summed E-state index contributed by atoms with van der Waals surface area (Å²) in [4.78, 5) is 26.0. The van der Waals surface area contributed by atoms with Gasteiger partial charge in [0, 0.05) is 22.3 Å². The number of carbonyl (C=O) groups is 2. The second-order valence-corrected chi connectivity index (χ2v) is 7.78. The summed E-state index contributed by atoms with van der Waals surface area (Å²) in [5.74, 6) is -0.00612. The minimum absolute atomic E-state index is 0.00306. The van der Waals surface area contributed by atoms with Crippen molar-refractivity contribution in [3.8, 4) is 0 Å². The van der Waals surface area contributed by atoms with Gasteiger partial charge in [0.15, 0.2) is 11.6 Å². The lowest BCUT2D eigenvalue weighted by atomic mass is 9.90. The van der Waals surface area contributed by atoms with Crippen LogP contribution in [0.1, 0.15) is 65.2 Å². The van der Waals surface area contributed by atoms with Crippen molar-refractivity contribution in [1.29, 1.82) is 0 Å². The molecule has 28 heavy (non-hydrogen) atoms. The lowest BCUT2D eigenvalue weighted by molar-refractivity contribution is 0.102. The predicted octanol–water partition coefficient (Wildman–Crippen LogP) is 6.00. The molecule has 0 saturated carbocycles. The van der Waals surface area contributed by atoms with E-state index < -0.39 is 0 Å². The van der Waals surface area contributed by atoms with Gasteiger partial charge in [0.25, 0.3) is 0 Å². The number of benzene rings is 3. The maximum atomic E-state index is 13.0. The maximum Gasteiger partial charge on any atom is 0.193 e. The predicted molar refractivity (Wildman–Crippen MR) is 115 cm³/mol. The highest BCUT2D eigenvalue weighted by Crippen LogP contribution is 2.23. The smallest absolute Gasteiger partial charge is 0.193 e. The molecule has 0 saturated heterocycles. The van der Waals surface area contributed by atoms with E-state index in [1.165, 1.54) is 0 Å². The maximum absolute atomic E-state index is 13.0. The van der Waals surface area contributed by atoms with Crippen molar-refractivity contribution in [3.63, 3.8) is 0 Å². The molecule has 3 rings (SSSR count). The number of hydrogen-bond acceptors (Lipinski definition) is 2. The number of rotatable bonds is 4. The fraction of sp³-hybridized carbons (Fsp3) is 0.231. The molecule has 0 unspecified atom stereocenters. The average molecular weight is 370 g/mol. The lowest BCUT2D eigenvalue weighted by Gasteiger charge is -2.12. The van der Waals surface area contributed by atoms with E-state index in [0.717, 1.165) is 44.5 Å². The van der Waals surface area contributed by atoms with E-state index in [1.807, 2.05) is 65.8 Å². The minimum atomic E-state index is -0.00306. The first-order chi connectivity index (χ1) is 13.2. The SMILES string of the molecule is Cc1cc(C)c(C(=O)c2ccc(C(=O)c3c(C)cc(C)cc3C)cc2)c(C)c1. The van der Waals surface area contributed by atoms with Crippen LogP contribution in [0.5, 0.6) is 0 Å². The van der Waals surface area contributed by atoms with Gasteiger partial charge in [-0.1, -0.05) is 59.7 Å². The Morgan fingerprint density at radius 3 is 1.00 bits per heavy atom. The number of hydrogen-bond donors (Lipinski definition) is 0. The number of ketones is 2. The Labute approximate surface area is 167 Å².